The molecule has 1 fully saturated rings. The van der Waals surface area contributed by atoms with Crippen molar-refractivity contribution >= 4 is 17.3 Å². The summed E-state index contributed by atoms with van der Waals surface area (Å²) in [5.41, 5.74) is 1.42. The van der Waals surface area contributed by atoms with Crippen LogP contribution in [-0.4, -0.2) is 17.8 Å². The minimum atomic E-state index is -0.133. The van der Waals surface area contributed by atoms with Gasteiger partial charge < -0.3 is 10.4 Å². The number of halogens is 1. The van der Waals surface area contributed by atoms with Crippen molar-refractivity contribution in [2.45, 2.75) is 25.4 Å². The third-order valence-corrected chi connectivity index (χ3v) is 3.51. The molecular formula is C13H15ClN2O. The average molecular weight is 251 g/mol. The van der Waals surface area contributed by atoms with E-state index in [0.29, 0.717) is 16.5 Å². The maximum atomic E-state index is 9.42. The molecule has 1 saturated carbocycles. The van der Waals surface area contributed by atoms with Gasteiger partial charge in [-0.3, -0.25) is 0 Å². The molecule has 0 amide bonds. The monoisotopic (exact) mass is 250 g/mol. The van der Waals surface area contributed by atoms with E-state index >= 15 is 0 Å². The molecule has 1 aromatic carbocycles. The quantitative estimate of drug-likeness (QED) is 0.867. The number of aliphatic hydroxyl groups excluding tert-OH is 1. The molecule has 2 N–H and O–H groups in total. The molecule has 4 heteroatoms. The zero-order valence-corrected chi connectivity index (χ0v) is 10.2. The Labute approximate surface area is 106 Å². The van der Waals surface area contributed by atoms with E-state index in [1.54, 1.807) is 12.1 Å². The first-order chi connectivity index (χ1) is 8.19. The maximum Gasteiger partial charge on any atom is 0.101 e. The summed E-state index contributed by atoms with van der Waals surface area (Å²) in [6.45, 7) is 0.847. The zero-order chi connectivity index (χ0) is 12.3. The van der Waals surface area contributed by atoms with E-state index in [4.69, 9.17) is 16.9 Å². The Morgan fingerprint density at radius 1 is 1.47 bits per heavy atom. The second-order valence-corrected chi connectivity index (χ2v) is 4.93. The second-order valence-electron chi connectivity index (χ2n) is 4.52. The topological polar surface area (TPSA) is 56.0 Å². The summed E-state index contributed by atoms with van der Waals surface area (Å²) in [6.07, 6.45) is 2.71. The van der Waals surface area contributed by atoms with Gasteiger partial charge in [0.15, 0.2) is 0 Å². The van der Waals surface area contributed by atoms with Crippen LogP contribution in [-0.2, 0) is 0 Å². The van der Waals surface area contributed by atoms with Crippen molar-refractivity contribution < 1.29 is 5.11 Å². The molecule has 1 aliphatic carbocycles. The predicted molar refractivity (Wildman–Crippen MR) is 68.0 cm³/mol. The third-order valence-electron chi connectivity index (χ3n) is 3.20. The van der Waals surface area contributed by atoms with E-state index < -0.39 is 0 Å². The van der Waals surface area contributed by atoms with Crippen molar-refractivity contribution in [1.82, 2.24) is 0 Å². The van der Waals surface area contributed by atoms with Crippen molar-refractivity contribution in [3.63, 3.8) is 0 Å². The van der Waals surface area contributed by atoms with Crippen molar-refractivity contribution in [2.24, 2.45) is 5.92 Å². The van der Waals surface area contributed by atoms with Gasteiger partial charge in [-0.2, -0.15) is 5.26 Å². The molecule has 17 heavy (non-hydrogen) atoms. The Bertz CT molecular complexity index is 442. The molecule has 0 heterocycles. The molecule has 0 bridgehead atoms. The molecule has 1 aromatic rings. The number of aliphatic hydroxyl groups is 1. The zero-order valence-electron chi connectivity index (χ0n) is 9.49. The third kappa shape index (κ3) is 3.12. The normalized spacial score (nSPS) is 23.4. The summed E-state index contributed by atoms with van der Waals surface area (Å²) in [5, 5.41) is 22.0. The van der Waals surface area contributed by atoms with Crippen LogP contribution in [0.1, 0.15) is 24.8 Å². The fourth-order valence-corrected chi connectivity index (χ4v) is 2.43. The van der Waals surface area contributed by atoms with E-state index in [0.717, 1.165) is 31.5 Å². The lowest BCUT2D eigenvalue weighted by Crippen LogP contribution is -2.12. The fraction of sp³-hybridized carbons (Fsp3) is 0.462. The van der Waals surface area contributed by atoms with Crippen LogP contribution in [0.2, 0.25) is 5.02 Å². The minimum absolute atomic E-state index is 0.133. The van der Waals surface area contributed by atoms with Crippen LogP contribution >= 0.6 is 11.6 Å². The number of nitrogens with zero attached hydrogens (tertiary/aromatic N) is 1. The highest BCUT2D eigenvalue weighted by Gasteiger charge is 2.22. The number of nitriles is 1. The first-order valence-corrected chi connectivity index (χ1v) is 6.18. The highest BCUT2D eigenvalue weighted by molar-refractivity contribution is 6.32. The molecule has 2 unspecified atom stereocenters. The Balaban J connectivity index is 1.91. The Kier molecular flexibility index (Phi) is 3.88. The largest absolute Gasteiger partial charge is 0.393 e. The minimum Gasteiger partial charge on any atom is -0.393 e. The number of nitrogens with one attached hydrogen (secondary N) is 1. The second kappa shape index (κ2) is 5.39. The van der Waals surface area contributed by atoms with Gasteiger partial charge in [0.1, 0.15) is 6.07 Å². The van der Waals surface area contributed by atoms with Crippen LogP contribution in [0.25, 0.3) is 0 Å². The SMILES string of the molecule is N#Cc1ccc(NCC2CCC(O)C2)cc1Cl. The lowest BCUT2D eigenvalue weighted by molar-refractivity contribution is 0.178. The van der Waals surface area contributed by atoms with Gasteiger partial charge in [0, 0.05) is 12.2 Å². The molecule has 1 aliphatic rings. The molecule has 2 rings (SSSR count). The van der Waals surface area contributed by atoms with Crippen LogP contribution in [0, 0.1) is 17.2 Å². The van der Waals surface area contributed by atoms with Gasteiger partial charge in [0.2, 0.25) is 0 Å². The van der Waals surface area contributed by atoms with Gasteiger partial charge in [0.05, 0.1) is 16.7 Å². The molecule has 3 nitrogen and oxygen atoms in total. The Morgan fingerprint density at radius 2 is 2.29 bits per heavy atom. The van der Waals surface area contributed by atoms with E-state index in [-0.39, 0.29) is 6.10 Å². The van der Waals surface area contributed by atoms with Crippen molar-refractivity contribution in [1.29, 1.82) is 5.26 Å². The first-order valence-electron chi connectivity index (χ1n) is 5.80. The lowest BCUT2D eigenvalue weighted by atomic mass is 10.1. The van der Waals surface area contributed by atoms with Gasteiger partial charge in [-0.05, 0) is 43.4 Å². The number of hydrogen-bond donors (Lipinski definition) is 2. The van der Waals surface area contributed by atoms with Gasteiger partial charge in [-0.1, -0.05) is 11.6 Å². The highest BCUT2D eigenvalue weighted by Crippen LogP contribution is 2.26. The van der Waals surface area contributed by atoms with E-state index in [1.807, 2.05) is 12.1 Å². The number of hydrogen-bond acceptors (Lipinski definition) is 3. The molecule has 0 spiro atoms. The van der Waals surface area contributed by atoms with Gasteiger partial charge in [0.25, 0.3) is 0 Å². The molecule has 0 radical (unpaired) electrons. The highest BCUT2D eigenvalue weighted by atomic mass is 35.5. The van der Waals surface area contributed by atoms with E-state index in [2.05, 4.69) is 5.32 Å². The molecule has 2 atom stereocenters. The van der Waals surface area contributed by atoms with Crippen molar-refractivity contribution in [2.75, 3.05) is 11.9 Å². The Hall–Kier alpha value is -1.24. The Morgan fingerprint density at radius 3 is 2.88 bits per heavy atom. The summed E-state index contributed by atoms with van der Waals surface area (Å²) < 4.78 is 0. The maximum absolute atomic E-state index is 9.42. The van der Waals surface area contributed by atoms with Crippen LogP contribution < -0.4 is 5.32 Å². The van der Waals surface area contributed by atoms with Crippen LogP contribution in [0.3, 0.4) is 0 Å². The summed E-state index contributed by atoms with van der Waals surface area (Å²) in [5.74, 6) is 0.527. The number of benzene rings is 1. The summed E-state index contributed by atoms with van der Waals surface area (Å²) in [6, 6.07) is 7.38. The molecular weight excluding hydrogens is 236 g/mol. The fourth-order valence-electron chi connectivity index (χ4n) is 2.21. The summed E-state index contributed by atoms with van der Waals surface area (Å²) in [7, 11) is 0. The van der Waals surface area contributed by atoms with E-state index in [9.17, 15) is 5.11 Å². The summed E-state index contributed by atoms with van der Waals surface area (Å²) in [4.78, 5) is 0. The standard InChI is InChI=1S/C13H15ClN2O/c14-13-6-11(3-2-10(13)7-15)16-8-9-1-4-12(17)5-9/h2-3,6,9,12,16-17H,1,4-5,8H2. The van der Waals surface area contributed by atoms with Crippen molar-refractivity contribution in [3.05, 3.63) is 28.8 Å². The molecule has 0 aliphatic heterocycles. The van der Waals surface area contributed by atoms with Gasteiger partial charge in [-0.25, -0.2) is 0 Å². The average Bonchev–Trinajstić information content (AvgIpc) is 2.73. The van der Waals surface area contributed by atoms with Crippen LogP contribution in [0.5, 0.6) is 0 Å². The smallest absolute Gasteiger partial charge is 0.101 e. The van der Waals surface area contributed by atoms with Crippen molar-refractivity contribution in [3.8, 4) is 6.07 Å². The van der Waals surface area contributed by atoms with Crippen LogP contribution in [0.4, 0.5) is 5.69 Å². The number of anilines is 1. The molecule has 0 saturated heterocycles. The molecule has 0 aromatic heterocycles. The number of rotatable bonds is 3. The predicted octanol–water partition coefficient (Wildman–Crippen LogP) is 2.78. The van der Waals surface area contributed by atoms with Gasteiger partial charge >= 0.3 is 0 Å². The summed E-state index contributed by atoms with van der Waals surface area (Å²) >= 11 is 5.95. The molecule has 90 valence electrons. The van der Waals surface area contributed by atoms with Crippen LogP contribution in [0.15, 0.2) is 18.2 Å². The van der Waals surface area contributed by atoms with E-state index in [1.165, 1.54) is 0 Å². The lowest BCUT2D eigenvalue weighted by Gasteiger charge is -2.12. The first kappa shape index (κ1) is 12.2. The van der Waals surface area contributed by atoms with Gasteiger partial charge in [-0.15, -0.1) is 0 Å².